The van der Waals surface area contributed by atoms with E-state index in [1.165, 1.54) is 0 Å². The zero-order valence-corrected chi connectivity index (χ0v) is 16.2. The predicted octanol–water partition coefficient (Wildman–Crippen LogP) is 2.40. The molecule has 0 unspecified atom stereocenters. The number of ether oxygens (including phenoxy) is 1. The number of aromatic amines is 1. The Hall–Kier alpha value is -2.12. The second kappa shape index (κ2) is 10.1. The molecule has 0 spiro atoms. The maximum atomic E-state index is 12.5. The first-order chi connectivity index (χ1) is 12.6. The summed E-state index contributed by atoms with van der Waals surface area (Å²) in [5.74, 6) is 0.701. The quantitative estimate of drug-likeness (QED) is 0.460. The van der Waals surface area contributed by atoms with Crippen molar-refractivity contribution in [2.45, 2.75) is 32.7 Å². The molecule has 1 heterocycles. The van der Waals surface area contributed by atoms with Crippen molar-refractivity contribution in [3.05, 3.63) is 40.2 Å². The number of methoxy groups -OCH3 is 1. The van der Waals surface area contributed by atoms with Gasteiger partial charge in [0.15, 0.2) is 5.11 Å². The normalized spacial score (nSPS) is 10.7. The average molecular weight is 378 g/mol. The topological polar surface area (TPSA) is 77.6 Å². The number of nitrogens with zero attached hydrogens (tertiary/aromatic N) is 1. The molecule has 0 aliphatic rings. The smallest absolute Gasteiger partial charge is 0.253 e. The summed E-state index contributed by atoms with van der Waals surface area (Å²) in [7, 11) is 1.60. The highest BCUT2D eigenvalue weighted by Crippen LogP contribution is 2.19. The lowest BCUT2D eigenvalue weighted by Gasteiger charge is -2.25. The summed E-state index contributed by atoms with van der Waals surface area (Å²) >= 11 is 5.48. The first-order valence-electron chi connectivity index (χ1n) is 8.92. The second-order valence-corrected chi connectivity index (χ2v) is 6.55. The van der Waals surface area contributed by atoms with E-state index in [1.807, 2.05) is 23.1 Å². The van der Waals surface area contributed by atoms with E-state index in [1.54, 1.807) is 13.2 Å². The van der Waals surface area contributed by atoms with Crippen molar-refractivity contribution >= 4 is 28.2 Å². The molecule has 2 aromatic rings. The molecule has 2 rings (SSSR count). The molecular weight excluding hydrogens is 350 g/mol. The van der Waals surface area contributed by atoms with Gasteiger partial charge in [0.2, 0.25) is 0 Å². The lowest BCUT2D eigenvalue weighted by molar-refractivity contribution is 0.264. The van der Waals surface area contributed by atoms with E-state index in [4.69, 9.17) is 22.1 Å². The number of thiocarbonyl (C=S) groups is 1. The molecule has 0 aliphatic carbocycles. The molecule has 0 atom stereocenters. The highest BCUT2D eigenvalue weighted by Gasteiger charge is 2.13. The van der Waals surface area contributed by atoms with Crippen molar-refractivity contribution in [3.8, 4) is 5.75 Å². The highest BCUT2D eigenvalue weighted by molar-refractivity contribution is 7.80. The monoisotopic (exact) mass is 377 g/mol. The highest BCUT2D eigenvalue weighted by atomic mass is 32.1. The number of unbranched alkanes of at least 4 members (excludes halogenated alkanes) is 1. The lowest BCUT2D eigenvalue weighted by atomic mass is 10.1. The summed E-state index contributed by atoms with van der Waals surface area (Å²) in [5, 5.41) is 13.9. The van der Waals surface area contributed by atoms with Crippen LogP contribution in [0.25, 0.3) is 10.9 Å². The number of rotatable bonds is 9. The Labute approximate surface area is 159 Å². The van der Waals surface area contributed by atoms with Gasteiger partial charge in [0, 0.05) is 31.3 Å². The first-order valence-corrected chi connectivity index (χ1v) is 9.33. The average Bonchev–Trinajstić information content (AvgIpc) is 2.65. The van der Waals surface area contributed by atoms with Gasteiger partial charge in [0.25, 0.3) is 5.56 Å². The molecule has 1 aromatic heterocycles. The maximum absolute atomic E-state index is 12.5. The summed E-state index contributed by atoms with van der Waals surface area (Å²) < 4.78 is 5.20. The summed E-state index contributed by atoms with van der Waals surface area (Å²) in [5.41, 5.74) is 1.24. The Morgan fingerprint density at radius 1 is 1.35 bits per heavy atom. The molecule has 1 aromatic carbocycles. The van der Waals surface area contributed by atoms with Gasteiger partial charge in [0.1, 0.15) is 5.75 Å². The van der Waals surface area contributed by atoms with E-state index in [0.717, 1.165) is 30.3 Å². The molecule has 7 heteroatoms. The van der Waals surface area contributed by atoms with Crippen LogP contribution in [0.4, 0.5) is 0 Å². The van der Waals surface area contributed by atoms with Crippen LogP contribution in [0.3, 0.4) is 0 Å². The Balaban J connectivity index is 2.21. The zero-order valence-electron chi connectivity index (χ0n) is 15.4. The third kappa shape index (κ3) is 5.44. The third-order valence-corrected chi connectivity index (χ3v) is 4.57. The molecule has 0 bridgehead atoms. The zero-order chi connectivity index (χ0) is 18.9. The standard InChI is InChI=1S/C19H27N3O3S/c1-3-4-8-20-19(26)22(9-5-10-23)13-15-11-14-6-7-16(25-2)12-17(14)21-18(15)24/h6-7,11-12,23H,3-5,8-10,13H2,1-2H3,(H,20,26)(H,21,24). The Morgan fingerprint density at radius 2 is 2.15 bits per heavy atom. The van der Waals surface area contributed by atoms with Gasteiger partial charge in [-0.3, -0.25) is 4.79 Å². The van der Waals surface area contributed by atoms with Gasteiger partial charge in [-0.15, -0.1) is 0 Å². The summed E-state index contributed by atoms with van der Waals surface area (Å²) in [6, 6.07) is 7.48. The van der Waals surface area contributed by atoms with E-state index in [0.29, 0.717) is 35.9 Å². The summed E-state index contributed by atoms with van der Waals surface area (Å²) in [6.45, 7) is 4.00. The molecule has 6 nitrogen and oxygen atoms in total. The molecule has 0 amide bonds. The van der Waals surface area contributed by atoms with Crippen molar-refractivity contribution in [2.75, 3.05) is 26.8 Å². The maximum Gasteiger partial charge on any atom is 0.253 e. The van der Waals surface area contributed by atoms with E-state index >= 15 is 0 Å². The van der Waals surface area contributed by atoms with Gasteiger partial charge < -0.3 is 25.0 Å². The number of fused-ring (bicyclic) bond motifs is 1. The van der Waals surface area contributed by atoms with Crippen LogP contribution in [0.2, 0.25) is 0 Å². The molecule has 0 aliphatic heterocycles. The molecule has 26 heavy (non-hydrogen) atoms. The van der Waals surface area contributed by atoms with E-state index in [9.17, 15) is 4.79 Å². The summed E-state index contributed by atoms with van der Waals surface area (Å²) in [6.07, 6.45) is 2.71. The number of aliphatic hydroxyl groups is 1. The van der Waals surface area contributed by atoms with Crippen molar-refractivity contribution < 1.29 is 9.84 Å². The van der Waals surface area contributed by atoms with Crippen molar-refractivity contribution in [1.82, 2.24) is 15.2 Å². The largest absolute Gasteiger partial charge is 0.497 e. The van der Waals surface area contributed by atoms with Crippen LogP contribution in [0.15, 0.2) is 29.1 Å². The van der Waals surface area contributed by atoms with E-state index in [-0.39, 0.29) is 12.2 Å². The molecule has 0 saturated heterocycles. The second-order valence-electron chi connectivity index (χ2n) is 6.16. The Bertz CT molecular complexity index is 791. The molecule has 142 valence electrons. The van der Waals surface area contributed by atoms with Crippen molar-refractivity contribution in [3.63, 3.8) is 0 Å². The molecule has 0 radical (unpaired) electrons. The number of nitrogens with one attached hydrogen (secondary N) is 2. The van der Waals surface area contributed by atoms with Crippen LogP contribution in [0, 0.1) is 0 Å². The fourth-order valence-corrected chi connectivity index (χ4v) is 2.93. The first kappa shape index (κ1) is 20.2. The fraction of sp³-hybridized carbons (Fsp3) is 0.474. The van der Waals surface area contributed by atoms with E-state index in [2.05, 4.69) is 17.2 Å². The van der Waals surface area contributed by atoms with Crippen LogP contribution in [0.1, 0.15) is 31.7 Å². The number of H-pyrrole nitrogens is 1. The Morgan fingerprint density at radius 3 is 2.85 bits per heavy atom. The number of benzene rings is 1. The molecule has 3 N–H and O–H groups in total. The van der Waals surface area contributed by atoms with Crippen LogP contribution in [0.5, 0.6) is 5.75 Å². The van der Waals surface area contributed by atoms with Gasteiger partial charge in [0.05, 0.1) is 19.2 Å². The van der Waals surface area contributed by atoms with Gasteiger partial charge in [-0.05, 0) is 48.6 Å². The van der Waals surface area contributed by atoms with Crippen LogP contribution < -0.4 is 15.6 Å². The molecule has 0 saturated carbocycles. The Kier molecular flexibility index (Phi) is 7.87. The van der Waals surface area contributed by atoms with Gasteiger partial charge in [-0.25, -0.2) is 0 Å². The number of hydrogen-bond acceptors (Lipinski definition) is 4. The molecule has 0 fully saturated rings. The van der Waals surface area contributed by atoms with Gasteiger partial charge in [-0.1, -0.05) is 13.3 Å². The fourth-order valence-electron chi connectivity index (χ4n) is 2.67. The minimum Gasteiger partial charge on any atom is -0.497 e. The van der Waals surface area contributed by atoms with Crippen molar-refractivity contribution in [1.29, 1.82) is 0 Å². The number of aliphatic hydroxyl groups excluding tert-OH is 1. The van der Waals surface area contributed by atoms with Gasteiger partial charge >= 0.3 is 0 Å². The number of aromatic nitrogens is 1. The minimum absolute atomic E-state index is 0.0853. The third-order valence-electron chi connectivity index (χ3n) is 4.17. The number of pyridine rings is 1. The SMILES string of the molecule is CCCCNC(=S)N(CCCO)Cc1cc2ccc(OC)cc2[nH]c1=O. The lowest BCUT2D eigenvalue weighted by Crippen LogP contribution is -2.41. The summed E-state index contributed by atoms with van der Waals surface area (Å²) in [4.78, 5) is 17.3. The van der Waals surface area contributed by atoms with Crippen LogP contribution >= 0.6 is 12.2 Å². The number of hydrogen-bond donors (Lipinski definition) is 3. The van der Waals surface area contributed by atoms with Crippen LogP contribution in [-0.2, 0) is 6.54 Å². The van der Waals surface area contributed by atoms with Gasteiger partial charge in [-0.2, -0.15) is 0 Å². The van der Waals surface area contributed by atoms with E-state index < -0.39 is 0 Å². The molecular formula is C19H27N3O3S. The predicted molar refractivity (Wildman–Crippen MR) is 109 cm³/mol. The van der Waals surface area contributed by atoms with Crippen LogP contribution in [-0.4, -0.2) is 46.9 Å². The van der Waals surface area contributed by atoms with Crippen molar-refractivity contribution in [2.24, 2.45) is 0 Å². The minimum atomic E-state index is -0.142.